The Bertz CT molecular complexity index is 1130. The Morgan fingerprint density at radius 3 is 2.12 bits per heavy atom. The molecule has 4 rings (SSSR count). The van der Waals surface area contributed by atoms with Gasteiger partial charge in [0.1, 0.15) is 11.6 Å². The largest absolute Gasteiger partial charge is 0.360 e. The molecule has 0 radical (unpaired) electrons. The zero-order chi connectivity index (χ0) is 23.8. The second-order valence-corrected chi connectivity index (χ2v) is 8.98. The van der Waals surface area contributed by atoms with Gasteiger partial charge in [0.2, 0.25) is 0 Å². The van der Waals surface area contributed by atoms with Gasteiger partial charge in [0.25, 0.3) is 5.91 Å². The van der Waals surface area contributed by atoms with Crippen molar-refractivity contribution in [3.05, 3.63) is 108 Å². The van der Waals surface area contributed by atoms with E-state index in [1.165, 1.54) is 17.3 Å². The first-order valence-electron chi connectivity index (χ1n) is 11.3. The van der Waals surface area contributed by atoms with Crippen LogP contribution in [-0.2, 0) is 4.79 Å². The molecule has 1 heterocycles. The zero-order valence-electron chi connectivity index (χ0n) is 19.2. The monoisotopic (exact) mass is 468 g/mol. The molecule has 0 bridgehead atoms. The lowest BCUT2D eigenvalue weighted by Crippen LogP contribution is -2.50. The number of piperazine rings is 1. The standard InChI is InChI=1S/C28H28N4OS/c1-34-26-14-8-13-25(19-26)30-21-24(20-29)28(33)32-17-15-31(16-18-32)27(22-9-4-2-5-10-22)23-11-6-3-7-12-23/h2-14,19,21,27,30H,15-18H2,1H3/b24-21-. The maximum atomic E-state index is 13.1. The highest BCUT2D eigenvalue weighted by Gasteiger charge is 2.29. The number of nitrogens with zero attached hydrogens (tertiary/aromatic N) is 3. The normalized spacial score (nSPS) is 14.6. The molecular weight excluding hydrogens is 440 g/mol. The molecule has 0 unspecified atom stereocenters. The number of nitrogens with one attached hydrogen (secondary N) is 1. The van der Waals surface area contributed by atoms with Crippen LogP contribution in [0.15, 0.2) is 102 Å². The molecule has 0 aliphatic carbocycles. The van der Waals surface area contributed by atoms with Crippen LogP contribution in [0.1, 0.15) is 17.2 Å². The number of benzene rings is 3. The third-order valence-electron chi connectivity index (χ3n) is 6.00. The molecule has 1 saturated heterocycles. The minimum Gasteiger partial charge on any atom is -0.360 e. The summed E-state index contributed by atoms with van der Waals surface area (Å²) in [5.41, 5.74) is 3.45. The maximum Gasteiger partial charge on any atom is 0.266 e. The predicted molar refractivity (Wildman–Crippen MR) is 138 cm³/mol. The molecule has 1 fully saturated rings. The fraction of sp³-hybridized carbons (Fsp3) is 0.214. The van der Waals surface area contributed by atoms with Crippen molar-refractivity contribution in [1.29, 1.82) is 5.26 Å². The summed E-state index contributed by atoms with van der Waals surface area (Å²) in [6.45, 7) is 2.64. The lowest BCUT2D eigenvalue weighted by Gasteiger charge is -2.39. The Morgan fingerprint density at radius 2 is 1.56 bits per heavy atom. The van der Waals surface area contributed by atoms with Crippen LogP contribution in [-0.4, -0.2) is 48.1 Å². The smallest absolute Gasteiger partial charge is 0.266 e. The topological polar surface area (TPSA) is 59.4 Å². The Morgan fingerprint density at radius 1 is 0.941 bits per heavy atom. The number of carbonyl (C=O) groups excluding carboxylic acids is 1. The van der Waals surface area contributed by atoms with Crippen molar-refractivity contribution in [1.82, 2.24) is 9.80 Å². The quantitative estimate of drug-likeness (QED) is 0.295. The van der Waals surface area contributed by atoms with Crippen LogP contribution in [0.3, 0.4) is 0 Å². The summed E-state index contributed by atoms with van der Waals surface area (Å²) < 4.78 is 0. The van der Waals surface area contributed by atoms with E-state index in [0.717, 1.165) is 23.7 Å². The van der Waals surface area contributed by atoms with E-state index >= 15 is 0 Å². The van der Waals surface area contributed by atoms with Gasteiger partial charge in [-0.05, 0) is 35.6 Å². The highest BCUT2D eigenvalue weighted by atomic mass is 32.2. The third-order valence-corrected chi connectivity index (χ3v) is 6.73. The summed E-state index contributed by atoms with van der Waals surface area (Å²) in [6.07, 6.45) is 3.53. The molecule has 1 aliphatic heterocycles. The van der Waals surface area contributed by atoms with Crippen LogP contribution < -0.4 is 5.32 Å². The summed E-state index contributed by atoms with van der Waals surface area (Å²) in [5, 5.41) is 12.7. The number of hydrogen-bond donors (Lipinski definition) is 1. The van der Waals surface area contributed by atoms with Gasteiger partial charge in [0.05, 0.1) is 6.04 Å². The summed E-state index contributed by atoms with van der Waals surface area (Å²) >= 11 is 1.65. The molecule has 34 heavy (non-hydrogen) atoms. The number of amides is 1. The second-order valence-electron chi connectivity index (χ2n) is 8.10. The Kier molecular flexibility index (Phi) is 8.03. The van der Waals surface area contributed by atoms with Gasteiger partial charge in [-0.15, -0.1) is 11.8 Å². The molecule has 5 nitrogen and oxygen atoms in total. The fourth-order valence-corrected chi connectivity index (χ4v) is 4.71. The zero-order valence-corrected chi connectivity index (χ0v) is 20.0. The van der Waals surface area contributed by atoms with E-state index in [-0.39, 0.29) is 17.5 Å². The van der Waals surface area contributed by atoms with Crippen LogP contribution in [0.4, 0.5) is 5.69 Å². The number of carbonyl (C=O) groups is 1. The molecular formula is C28H28N4OS. The van der Waals surface area contributed by atoms with Crippen molar-refractivity contribution in [2.45, 2.75) is 10.9 Å². The SMILES string of the molecule is CSc1cccc(N/C=C(/C#N)C(=O)N2CCN(C(c3ccccc3)c3ccccc3)CC2)c1. The molecule has 172 valence electrons. The highest BCUT2D eigenvalue weighted by molar-refractivity contribution is 7.98. The van der Waals surface area contributed by atoms with Crippen LogP contribution in [0.25, 0.3) is 0 Å². The van der Waals surface area contributed by atoms with Crippen LogP contribution in [0.2, 0.25) is 0 Å². The summed E-state index contributed by atoms with van der Waals surface area (Å²) in [6, 6.07) is 31.0. The number of rotatable bonds is 7. The van der Waals surface area contributed by atoms with Gasteiger partial charge < -0.3 is 10.2 Å². The van der Waals surface area contributed by atoms with Gasteiger partial charge in [-0.1, -0.05) is 66.7 Å². The summed E-state index contributed by atoms with van der Waals surface area (Å²) in [5.74, 6) is -0.230. The van der Waals surface area contributed by atoms with Gasteiger partial charge >= 0.3 is 0 Å². The first-order chi connectivity index (χ1) is 16.7. The van der Waals surface area contributed by atoms with Gasteiger partial charge in [-0.3, -0.25) is 9.69 Å². The maximum absolute atomic E-state index is 13.1. The average Bonchev–Trinajstić information content (AvgIpc) is 2.91. The number of hydrogen-bond acceptors (Lipinski definition) is 5. The van der Waals surface area contributed by atoms with Crippen molar-refractivity contribution >= 4 is 23.4 Å². The summed E-state index contributed by atoms with van der Waals surface area (Å²) in [7, 11) is 0. The minimum atomic E-state index is -0.230. The van der Waals surface area contributed by atoms with E-state index in [1.807, 2.05) is 42.7 Å². The highest BCUT2D eigenvalue weighted by Crippen LogP contribution is 2.29. The first kappa shape index (κ1) is 23.6. The van der Waals surface area contributed by atoms with Crippen molar-refractivity contribution in [3.8, 4) is 6.07 Å². The molecule has 1 aliphatic rings. The third kappa shape index (κ3) is 5.69. The molecule has 1 amide bonds. The van der Waals surface area contributed by atoms with E-state index in [4.69, 9.17) is 0 Å². The number of nitriles is 1. The van der Waals surface area contributed by atoms with Crippen molar-refractivity contribution in [2.75, 3.05) is 37.8 Å². The Balaban J connectivity index is 1.44. The molecule has 1 N–H and O–H groups in total. The second kappa shape index (κ2) is 11.6. The Hall–Kier alpha value is -3.53. The van der Waals surface area contributed by atoms with Crippen LogP contribution >= 0.6 is 11.8 Å². The molecule has 0 saturated carbocycles. The van der Waals surface area contributed by atoms with Gasteiger partial charge in [0.15, 0.2) is 0 Å². The van der Waals surface area contributed by atoms with E-state index in [9.17, 15) is 10.1 Å². The molecule has 0 aromatic heterocycles. The molecule has 0 atom stereocenters. The van der Waals surface area contributed by atoms with Crippen molar-refractivity contribution < 1.29 is 4.79 Å². The predicted octanol–water partition coefficient (Wildman–Crippen LogP) is 5.16. The molecule has 0 spiro atoms. The molecule has 3 aromatic rings. The first-order valence-corrected chi connectivity index (χ1v) is 12.6. The van der Waals surface area contributed by atoms with E-state index < -0.39 is 0 Å². The van der Waals surface area contributed by atoms with E-state index in [1.54, 1.807) is 16.7 Å². The van der Waals surface area contributed by atoms with Gasteiger partial charge in [0, 0.05) is 43.0 Å². The van der Waals surface area contributed by atoms with E-state index in [2.05, 4.69) is 64.8 Å². The molecule has 3 aromatic carbocycles. The van der Waals surface area contributed by atoms with Crippen LogP contribution in [0, 0.1) is 11.3 Å². The van der Waals surface area contributed by atoms with Crippen molar-refractivity contribution in [3.63, 3.8) is 0 Å². The molecule has 6 heteroatoms. The van der Waals surface area contributed by atoms with Gasteiger partial charge in [-0.2, -0.15) is 5.26 Å². The Labute approximate surface area is 205 Å². The number of thioether (sulfide) groups is 1. The lowest BCUT2D eigenvalue weighted by molar-refractivity contribution is -0.128. The van der Waals surface area contributed by atoms with Crippen molar-refractivity contribution in [2.24, 2.45) is 0 Å². The van der Waals surface area contributed by atoms with E-state index in [0.29, 0.717) is 13.1 Å². The fourth-order valence-electron chi connectivity index (χ4n) is 4.25. The van der Waals surface area contributed by atoms with Gasteiger partial charge in [-0.25, -0.2) is 0 Å². The lowest BCUT2D eigenvalue weighted by atomic mass is 9.96. The number of anilines is 1. The average molecular weight is 469 g/mol. The summed E-state index contributed by atoms with van der Waals surface area (Å²) in [4.78, 5) is 18.4. The van der Waals surface area contributed by atoms with Crippen LogP contribution in [0.5, 0.6) is 0 Å². The minimum absolute atomic E-state index is 0.116.